The highest BCUT2D eigenvalue weighted by atomic mass is 35.5. The second-order valence-electron chi connectivity index (χ2n) is 7.61. The summed E-state index contributed by atoms with van der Waals surface area (Å²) in [6.07, 6.45) is 1.99. The van der Waals surface area contributed by atoms with Crippen molar-refractivity contribution in [3.8, 4) is 0 Å². The third kappa shape index (κ3) is 3.30. The molecule has 0 aromatic heterocycles. The Hall–Kier alpha value is -0.680. The Kier molecular flexibility index (Phi) is 3.80. The summed E-state index contributed by atoms with van der Waals surface area (Å²) in [6.45, 7) is 5.94. The van der Waals surface area contributed by atoms with Crippen LogP contribution in [0.3, 0.4) is 0 Å². The summed E-state index contributed by atoms with van der Waals surface area (Å²) in [5.41, 5.74) is -0.560. The molecule has 2 saturated carbocycles. The van der Waals surface area contributed by atoms with Gasteiger partial charge in [0.2, 0.25) is 5.91 Å². The molecule has 0 bridgehead atoms. The number of nitrogens with zero attached hydrogens (tertiary/aromatic N) is 1. The zero-order valence-corrected chi connectivity index (χ0v) is 14.6. The van der Waals surface area contributed by atoms with E-state index < -0.39 is 22.1 Å². The number of piperidine rings is 1. The van der Waals surface area contributed by atoms with Crippen LogP contribution in [0.25, 0.3) is 0 Å². The molecule has 1 heterocycles. The molecule has 7 heteroatoms. The lowest BCUT2D eigenvalue weighted by Crippen LogP contribution is -2.49. The molecular formula is C15H22Cl2N2O3. The number of rotatable bonds is 3. The van der Waals surface area contributed by atoms with E-state index in [4.69, 9.17) is 27.9 Å². The molecule has 2 aliphatic carbocycles. The summed E-state index contributed by atoms with van der Waals surface area (Å²) in [6, 6.07) is -0.274. The first kappa shape index (κ1) is 16.2. The molecule has 1 saturated heterocycles. The number of nitrogens with one attached hydrogen (secondary N) is 1. The second-order valence-corrected chi connectivity index (χ2v) is 9.15. The van der Waals surface area contributed by atoms with E-state index in [0.29, 0.717) is 25.3 Å². The van der Waals surface area contributed by atoms with E-state index in [-0.39, 0.29) is 17.9 Å². The number of fused-ring (bicyclic) bond motifs is 1. The van der Waals surface area contributed by atoms with Crippen LogP contribution in [0.4, 0.5) is 4.79 Å². The minimum Gasteiger partial charge on any atom is -0.444 e. The average molecular weight is 349 g/mol. The highest BCUT2D eigenvalue weighted by molar-refractivity contribution is 6.50. The van der Waals surface area contributed by atoms with Crippen molar-refractivity contribution in [3.05, 3.63) is 0 Å². The van der Waals surface area contributed by atoms with E-state index in [1.54, 1.807) is 4.90 Å². The van der Waals surface area contributed by atoms with Gasteiger partial charge in [-0.3, -0.25) is 9.69 Å². The smallest absolute Gasteiger partial charge is 0.411 e. The van der Waals surface area contributed by atoms with Crippen LogP contribution < -0.4 is 5.32 Å². The van der Waals surface area contributed by atoms with Gasteiger partial charge in [0.15, 0.2) is 0 Å². The normalized spacial score (nSPS) is 34.9. The van der Waals surface area contributed by atoms with Gasteiger partial charge in [0, 0.05) is 18.5 Å². The third-order valence-corrected chi connectivity index (χ3v) is 5.42. The number of likely N-dealkylation sites (tertiary alicyclic amines) is 1. The Balaban J connectivity index is 1.57. The Bertz CT molecular complexity index is 504. The van der Waals surface area contributed by atoms with Crippen molar-refractivity contribution in [2.45, 2.75) is 62.1 Å². The molecule has 22 heavy (non-hydrogen) atoms. The van der Waals surface area contributed by atoms with Crippen LogP contribution in [0.1, 0.15) is 40.0 Å². The van der Waals surface area contributed by atoms with E-state index in [1.165, 1.54) is 0 Å². The molecule has 5 nitrogen and oxygen atoms in total. The molecule has 2 amide bonds. The standard InChI is InChI=1S/C15H22Cl2N2O3/c1-14(2,3)22-13(21)19-10-4-8(10)5-11(19)12(20)18-7-9-6-15(9,16)17/h8-11H,4-7H2,1-3H3,(H,18,20)/t8-,9+,10?,11-/m0/s1. The average Bonchev–Trinajstić information content (AvgIpc) is 3.20. The van der Waals surface area contributed by atoms with Crippen molar-refractivity contribution in [3.63, 3.8) is 0 Å². The topological polar surface area (TPSA) is 58.6 Å². The van der Waals surface area contributed by atoms with E-state index in [2.05, 4.69) is 5.32 Å². The van der Waals surface area contributed by atoms with Gasteiger partial charge in [-0.1, -0.05) is 0 Å². The van der Waals surface area contributed by atoms with Gasteiger partial charge in [0.25, 0.3) is 0 Å². The molecule has 0 radical (unpaired) electrons. The summed E-state index contributed by atoms with van der Waals surface area (Å²) in [7, 11) is 0. The lowest BCUT2D eigenvalue weighted by molar-refractivity contribution is -0.126. The molecule has 3 aliphatic rings. The first-order valence-corrected chi connectivity index (χ1v) is 8.51. The van der Waals surface area contributed by atoms with E-state index in [0.717, 1.165) is 6.42 Å². The van der Waals surface area contributed by atoms with E-state index in [9.17, 15) is 9.59 Å². The Labute approximate surface area is 140 Å². The second kappa shape index (κ2) is 5.17. The van der Waals surface area contributed by atoms with Crippen LogP contribution in [0, 0.1) is 11.8 Å². The molecule has 124 valence electrons. The van der Waals surface area contributed by atoms with Crippen molar-refractivity contribution < 1.29 is 14.3 Å². The Morgan fingerprint density at radius 2 is 1.95 bits per heavy atom. The monoisotopic (exact) mass is 348 g/mol. The van der Waals surface area contributed by atoms with Crippen LogP contribution in [0.15, 0.2) is 0 Å². The van der Waals surface area contributed by atoms with Gasteiger partial charge < -0.3 is 10.1 Å². The van der Waals surface area contributed by atoms with Gasteiger partial charge in [-0.05, 0) is 46.0 Å². The fourth-order valence-electron chi connectivity index (χ4n) is 3.10. The molecular weight excluding hydrogens is 327 g/mol. The molecule has 1 N–H and O–H groups in total. The quantitative estimate of drug-likeness (QED) is 0.797. The van der Waals surface area contributed by atoms with Gasteiger partial charge in [-0.25, -0.2) is 4.79 Å². The molecule has 0 spiro atoms. The highest BCUT2D eigenvalue weighted by Crippen LogP contribution is 2.53. The van der Waals surface area contributed by atoms with Gasteiger partial charge in [0.1, 0.15) is 16.0 Å². The Morgan fingerprint density at radius 1 is 1.32 bits per heavy atom. The SMILES string of the molecule is CC(C)(C)OC(=O)N1C2C[C@H]2C[C@H]1C(=O)NC[C@H]1CC1(Cl)Cl. The van der Waals surface area contributed by atoms with E-state index >= 15 is 0 Å². The highest BCUT2D eigenvalue weighted by Gasteiger charge is 2.57. The fraction of sp³-hybridized carbons (Fsp3) is 0.867. The minimum atomic E-state index is -0.698. The van der Waals surface area contributed by atoms with Crippen molar-refractivity contribution in [1.29, 1.82) is 0 Å². The predicted molar refractivity (Wildman–Crippen MR) is 83.9 cm³/mol. The fourth-order valence-corrected chi connectivity index (χ4v) is 3.63. The molecule has 3 fully saturated rings. The maximum atomic E-state index is 12.4. The number of alkyl halides is 2. The predicted octanol–water partition coefficient (Wildman–Crippen LogP) is 2.69. The lowest BCUT2D eigenvalue weighted by atomic mass is 10.1. The van der Waals surface area contributed by atoms with Crippen LogP contribution in [-0.4, -0.2) is 45.5 Å². The minimum absolute atomic E-state index is 0.102. The summed E-state index contributed by atoms with van der Waals surface area (Å²) < 4.78 is 4.74. The van der Waals surface area contributed by atoms with Crippen molar-refractivity contribution >= 4 is 35.2 Å². The summed E-state index contributed by atoms with van der Waals surface area (Å²) in [5, 5.41) is 2.87. The zero-order valence-electron chi connectivity index (χ0n) is 13.1. The van der Waals surface area contributed by atoms with Crippen LogP contribution in [0.2, 0.25) is 0 Å². The number of halogens is 2. The number of carbonyl (C=O) groups excluding carboxylic acids is 2. The molecule has 1 aliphatic heterocycles. The molecule has 1 unspecified atom stereocenters. The lowest BCUT2D eigenvalue weighted by Gasteiger charge is -2.29. The van der Waals surface area contributed by atoms with Gasteiger partial charge in [0.05, 0.1) is 0 Å². The number of hydrogen-bond acceptors (Lipinski definition) is 3. The zero-order chi connectivity index (χ0) is 16.3. The van der Waals surface area contributed by atoms with Gasteiger partial charge in [-0.2, -0.15) is 0 Å². The first-order valence-electron chi connectivity index (χ1n) is 7.75. The largest absolute Gasteiger partial charge is 0.444 e. The Morgan fingerprint density at radius 3 is 2.50 bits per heavy atom. The summed E-state index contributed by atoms with van der Waals surface area (Å²) in [4.78, 5) is 26.4. The van der Waals surface area contributed by atoms with E-state index in [1.807, 2.05) is 20.8 Å². The van der Waals surface area contributed by atoms with Crippen LogP contribution >= 0.6 is 23.2 Å². The molecule has 0 aromatic rings. The number of amides is 2. The third-order valence-electron chi connectivity index (χ3n) is 4.49. The molecule has 0 aromatic carbocycles. The van der Waals surface area contributed by atoms with Gasteiger partial charge in [-0.15, -0.1) is 23.2 Å². The number of ether oxygens (including phenoxy) is 1. The summed E-state index contributed by atoms with van der Waals surface area (Å²) in [5.74, 6) is 0.407. The number of hydrogen-bond donors (Lipinski definition) is 1. The van der Waals surface area contributed by atoms with Crippen molar-refractivity contribution in [1.82, 2.24) is 10.2 Å². The maximum absolute atomic E-state index is 12.4. The van der Waals surface area contributed by atoms with Crippen molar-refractivity contribution in [2.75, 3.05) is 6.54 Å². The summed E-state index contributed by atoms with van der Waals surface area (Å²) >= 11 is 11.9. The molecule has 4 atom stereocenters. The molecule has 3 rings (SSSR count). The first-order chi connectivity index (χ1) is 10.1. The van der Waals surface area contributed by atoms with Crippen LogP contribution in [0.5, 0.6) is 0 Å². The van der Waals surface area contributed by atoms with Gasteiger partial charge >= 0.3 is 6.09 Å². The van der Waals surface area contributed by atoms with Crippen molar-refractivity contribution in [2.24, 2.45) is 11.8 Å². The maximum Gasteiger partial charge on any atom is 0.411 e. The van der Waals surface area contributed by atoms with Crippen LogP contribution in [-0.2, 0) is 9.53 Å². The number of carbonyl (C=O) groups is 2.